The summed E-state index contributed by atoms with van der Waals surface area (Å²) in [6, 6.07) is 13.3. The van der Waals surface area contributed by atoms with Crippen molar-refractivity contribution in [2.24, 2.45) is 0 Å². The molecular weight excluding hydrogens is 266 g/mol. The van der Waals surface area contributed by atoms with Gasteiger partial charge in [0.2, 0.25) is 0 Å². The van der Waals surface area contributed by atoms with Crippen LogP contribution >= 0.6 is 0 Å². The van der Waals surface area contributed by atoms with Gasteiger partial charge in [0, 0.05) is 6.54 Å². The average Bonchev–Trinajstić information content (AvgIpc) is 2.53. The lowest BCUT2D eigenvalue weighted by atomic mass is 10.1. The predicted molar refractivity (Wildman–Crippen MR) is 81.9 cm³/mol. The second kappa shape index (κ2) is 6.79. The Bertz CT molecular complexity index is 620. The zero-order chi connectivity index (χ0) is 15.2. The molecule has 0 aliphatic rings. The molecule has 2 aromatic rings. The topological polar surface area (TPSA) is 47.6 Å². The van der Waals surface area contributed by atoms with E-state index >= 15 is 0 Å². The fraction of sp³-hybridized carbons (Fsp3) is 0.235. The zero-order valence-electron chi connectivity index (χ0n) is 12.5. The quantitative estimate of drug-likeness (QED) is 0.918. The molecule has 1 amide bonds. The minimum atomic E-state index is -0.189. The van der Waals surface area contributed by atoms with E-state index in [4.69, 9.17) is 9.47 Å². The molecule has 0 heterocycles. The third kappa shape index (κ3) is 3.54. The van der Waals surface area contributed by atoms with Crippen LogP contribution in [0, 0.1) is 6.92 Å². The summed E-state index contributed by atoms with van der Waals surface area (Å²) >= 11 is 0. The van der Waals surface area contributed by atoms with E-state index in [0.717, 1.165) is 5.56 Å². The molecule has 0 radical (unpaired) electrons. The maximum Gasteiger partial charge on any atom is 0.255 e. The van der Waals surface area contributed by atoms with Crippen LogP contribution in [0.25, 0.3) is 0 Å². The van der Waals surface area contributed by atoms with Crippen molar-refractivity contribution in [1.29, 1.82) is 0 Å². The molecule has 4 nitrogen and oxygen atoms in total. The largest absolute Gasteiger partial charge is 0.493 e. The molecule has 110 valence electrons. The SMILES string of the molecule is COc1cccc(C(=O)NCc2ccc(C)cc2)c1OC. The predicted octanol–water partition coefficient (Wildman–Crippen LogP) is 2.94. The van der Waals surface area contributed by atoms with E-state index < -0.39 is 0 Å². The van der Waals surface area contributed by atoms with E-state index in [-0.39, 0.29) is 5.91 Å². The van der Waals surface area contributed by atoms with E-state index in [1.165, 1.54) is 12.7 Å². The normalized spacial score (nSPS) is 10.0. The number of ether oxygens (including phenoxy) is 2. The van der Waals surface area contributed by atoms with Gasteiger partial charge in [0.25, 0.3) is 5.91 Å². The molecule has 4 heteroatoms. The average molecular weight is 285 g/mol. The molecule has 2 rings (SSSR count). The van der Waals surface area contributed by atoms with Crippen molar-refractivity contribution < 1.29 is 14.3 Å². The summed E-state index contributed by atoms with van der Waals surface area (Å²) in [5.41, 5.74) is 2.71. The maximum atomic E-state index is 12.3. The Labute approximate surface area is 124 Å². The monoisotopic (exact) mass is 285 g/mol. The molecule has 21 heavy (non-hydrogen) atoms. The van der Waals surface area contributed by atoms with E-state index in [1.807, 2.05) is 31.2 Å². The number of rotatable bonds is 5. The molecular formula is C17H19NO3. The Morgan fingerprint density at radius 3 is 2.38 bits per heavy atom. The number of hydrogen-bond donors (Lipinski definition) is 1. The number of aryl methyl sites for hydroxylation is 1. The highest BCUT2D eigenvalue weighted by molar-refractivity contribution is 5.97. The molecule has 0 aliphatic carbocycles. The van der Waals surface area contributed by atoms with Gasteiger partial charge in [0.1, 0.15) is 0 Å². The Morgan fingerprint density at radius 1 is 1.05 bits per heavy atom. The van der Waals surface area contributed by atoms with Crippen LogP contribution in [-0.2, 0) is 6.54 Å². The first-order valence-electron chi connectivity index (χ1n) is 6.70. The zero-order valence-corrected chi connectivity index (χ0v) is 12.5. The van der Waals surface area contributed by atoms with Crippen LogP contribution in [0.5, 0.6) is 11.5 Å². The molecule has 0 unspecified atom stereocenters. The van der Waals surface area contributed by atoms with Gasteiger partial charge in [-0.2, -0.15) is 0 Å². The highest BCUT2D eigenvalue weighted by Gasteiger charge is 2.15. The molecule has 0 bridgehead atoms. The van der Waals surface area contributed by atoms with Crippen molar-refractivity contribution in [2.45, 2.75) is 13.5 Å². The maximum absolute atomic E-state index is 12.3. The van der Waals surface area contributed by atoms with Crippen molar-refractivity contribution in [3.8, 4) is 11.5 Å². The number of methoxy groups -OCH3 is 2. The lowest BCUT2D eigenvalue weighted by Crippen LogP contribution is -2.23. The lowest BCUT2D eigenvalue weighted by molar-refractivity contribution is 0.0947. The minimum Gasteiger partial charge on any atom is -0.493 e. The van der Waals surface area contributed by atoms with Crippen molar-refractivity contribution in [2.75, 3.05) is 14.2 Å². The van der Waals surface area contributed by atoms with Gasteiger partial charge in [-0.3, -0.25) is 4.79 Å². The summed E-state index contributed by atoms with van der Waals surface area (Å²) in [5.74, 6) is 0.799. The van der Waals surface area contributed by atoms with Crippen LogP contribution in [-0.4, -0.2) is 20.1 Å². The molecule has 0 aliphatic heterocycles. The van der Waals surface area contributed by atoms with Gasteiger partial charge in [-0.15, -0.1) is 0 Å². The molecule has 0 fully saturated rings. The number of para-hydroxylation sites is 1. The third-order valence-corrected chi connectivity index (χ3v) is 3.22. The fourth-order valence-corrected chi connectivity index (χ4v) is 2.05. The Morgan fingerprint density at radius 2 is 1.76 bits per heavy atom. The van der Waals surface area contributed by atoms with E-state index in [2.05, 4.69) is 5.32 Å². The Balaban J connectivity index is 2.11. The first-order chi connectivity index (χ1) is 10.2. The van der Waals surface area contributed by atoms with Crippen LogP contribution in [0.1, 0.15) is 21.5 Å². The number of nitrogens with one attached hydrogen (secondary N) is 1. The van der Waals surface area contributed by atoms with Crippen molar-refractivity contribution in [3.05, 3.63) is 59.2 Å². The van der Waals surface area contributed by atoms with Gasteiger partial charge in [0.15, 0.2) is 11.5 Å². The molecule has 2 aromatic carbocycles. The van der Waals surface area contributed by atoms with E-state index in [0.29, 0.717) is 23.6 Å². The molecule has 0 spiro atoms. The Kier molecular flexibility index (Phi) is 4.82. The number of benzene rings is 2. The lowest BCUT2D eigenvalue weighted by Gasteiger charge is -2.12. The van der Waals surface area contributed by atoms with Gasteiger partial charge in [-0.05, 0) is 24.6 Å². The van der Waals surface area contributed by atoms with Gasteiger partial charge in [-0.25, -0.2) is 0 Å². The van der Waals surface area contributed by atoms with Crippen LogP contribution in [0.2, 0.25) is 0 Å². The summed E-state index contributed by atoms with van der Waals surface area (Å²) in [6.45, 7) is 2.50. The summed E-state index contributed by atoms with van der Waals surface area (Å²) in [7, 11) is 3.07. The van der Waals surface area contributed by atoms with Crippen LogP contribution in [0.3, 0.4) is 0 Å². The molecule has 0 saturated carbocycles. The number of amides is 1. The van der Waals surface area contributed by atoms with E-state index in [1.54, 1.807) is 25.3 Å². The summed E-state index contributed by atoms with van der Waals surface area (Å²) in [5, 5.41) is 2.89. The van der Waals surface area contributed by atoms with Crippen LogP contribution in [0.4, 0.5) is 0 Å². The van der Waals surface area contributed by atoms with Crippen molar-refractivity contribution in [1.82, 2.24) is 5.32 Å². The van der Waals surface area contributed by atoms with Crippen LogP contribution in [0.15, 0.2) is 42.5 Å². The van der Waals surface area contributed by atoms with Gasteiger partial charge in [-0.1, -0.05) is 35.9 Å². The number of carbonyl (C=O) groups is 1. The van der Waals surface area contributed by atoms with Crippen molar-refractivity contribution in [3.63, 3.8) is 0 Å². The number of carbonyl (C=O) groups excluding carboxylic acids is 1. The van der Waals surface area contributed by atoms with Crippen molar-refractivity contribution >= 4 is 5.91 Å². The second-order valence-electron chi connectivity index (χ2n) is 4.71. The van der Waals surface area contributed by atoms with Gasteiger partial charge in [0.05, 0.1) is 19.8 Å². The fourth-order valence-electron chi connectivity index (χ4n) is 2.05. The minimum absolute atomic E-state index is 0.189. The van der Waals surface area contributed by atoms with Gasteiger partial charge < -0.3 is 14.8 Å². The second-order valence-corrected chi connectivity index (χ2v) is 4.71. The highest BCUT2D eigenvalue weighted by atomic mass is 16.5. The van der Waals surface area contributed by atoms with Crippen LogP contribution < -0.4 is 14.8 Å². The first-order valence-corrected chi connectivity index (χ1v) is 6.70. The summed E-state index contributed by atoms with van der Waals surface area (Å²) < 4.78 is 10.5. The molecule has 1 N–H and O–H groups in total. The highest BCUT2D eigenvalue weighted by Crippen LogP contribution is 2.30. The summed E-state index contributed by atoms with van der Waals surface area (Å²) in [4.78, 5) is 12.3. The third-order valence-electron chi connectivity index (χ3n) is 3.22. The standard InChI is InChI=1S/C17H19NO3/c1-12-7-9-13(10-8-12)11-18-17(19)14-5-4-6-15(20-2)16(14)21-3/h4-10H,11H2,1-3H3,(H,18,19). The number of hydrogen-bond acceptors (Lipinski definition) is 3. The molecule has 0 aromatic heterocycles. The van der Waals surface area contributed by atoms with E-state index in [9.17, 15) is 4.79 Å². The first kappa shape index (κ1) is 14.9. The summed E-state index contributed by atoms with van der Waals surface area (Å²) in [6.07, 6.45) is 0. The smallest absolute Gasteiger partial charge is 0.255 e. The van der Waals surface area contributed by atoms with Gasteiger partial charge >= 0.3 is 0 Å². The molecule has 0 saturated heterocycles. The molecule has 0 atom stereocenters. The Hall–Kier alpha value is -2.49.